The van der Waals surface area contributed by atoms with Gasteiger partial charge in [0.1, 0.15) is 0 Å². The van der Waals surface area contributed by atoms with E-state index >= 15 is 0 Å². The lowest BCUT2D eigenvalue weighted by Crippen LogP contribution is -2.05. The largest absolute Gasteiger partial charge is 0.383 e. The number of ether oxygens (including phenoxy) is 1. The highest BCUT2D eigenvalue weighted by Crippen LogP contribution is 1.78. The quantitative estimate of drug-likeness (QED) is 0.438. The van der Waals surface area contributed by atoms with Crippen molar-refractivity contribution in [1.82, 2.24) is 0 Å². The van der Waals surface area contributed by atoms with E-state index in [4.69, 9.17) is 4.74 Å². The van der Waals surface area contributed by atoms with Gasteiger partial charge >= 0.3 is 0 Å². The first kappa shape index (κ1) is 6.18. The molecule has 2 heteroatoms. The molecule has 1 nitrogen and oxygen atoms in total. The SMILES string of the molecule is CCOC(C)[SiH3]. The summed E-state index contributed by atoms with van der Waals surface area (Å²) in [6.07, 6.45) is 0. The number of rotatable bonds is 2. The topological polar surface area (TPSA) is 9.23 Å². The molecule has 0 amide bonds. The van der Waals surface area contributed by atoms with Crippen molar-refractivity contribution in [3.05, 3.63) is 0 Å². The Morgan fingerprint density at radius 1 is 1.83 bits per heavy atom. The second-order valence-electron chi connectivity index (χ2n) is 1.50. The minimum Gasteiger partial charge on any atom is -0.383 e. The zero-order valence-electron chi connectivity index (χ0n) is 4.69. The Hall–Kier alpha value is 0.177. The Labute approximate surface area is 42.1 Å². The Kier molecular flexibility index (Phi) is 3.47. The van der Waals surface area contributed by atoms with Crippen LogP contribution in [0.5, 0.6) is 0 Å². The predicted octanol–water partition coefficient (Wildman–Crippen LogP) is -0.266. The van der Waals surface area contributed by atoms with Crippen LogP contribution in [-0.2, 0) is 4.74 Å². The Balaban J connectivity index is 2.63. The van der Waals surface area contributed by atoms with Crippen LogP contribution < -0.4 is 0 Å². The van der Waals surface area contributed by atoms with Gasteiger partial charge in [0, 0.05) is 22.6 Å². The van der Waals surface area contributed by atoms with Crippen molar-refractivity contribution in [2.75, 3.05) is 6.61 Å². The van der Waals surface area contributed by atoms with E-state index in [1.165, 1.54) is 0 Å². The van der Waals surface area contributed by atoms with Gasteiger partial charge in [-0.3, -0.25) is 0 Å². The summed E-state index contributed by atoms with van der Waals surface area (Å²) in [6.45, 7) is 4.98. The van der Waals surface area contributed by atoms with Gasteiger partial charge in [-0.2, -0.15) is 0 Å². The molecule has 0 aliphatic heterocycles. The van der Waals surface area contributed by atoms with Gasteiger partial charge in [0.25, 0.3) is 0 Å². The van der Waals surface area contributed by atoms with E-state index in [1.807, 2.05) is 6.92 Å². The van der Waals surface area contributed by atoms with Crippen molar-refractivity contribution in [2.24, 2.45) is 0 Å². The Bertz CT molecular complexity index is 28.7. The van der Waals surface area contributed by atoms with Gasteiger partial charge in [-0.15, -0.1) is 0 Å². The third kappa shape index (κ3) is 4.18. The van der Waals surface area contributed by atoms with Crippen LogP contribution in [0.1, 0.15) is 13.8 Å². The van der Waals surface area contributed by atoms with Gasteiger partial charge in [-0.25, -0.2) is 0 Å². The maximum Gasteiger partial charge on any atom is 0.0436 e. The molecule has 0 saturated carbocycles. The van der Waals surface area contributed by atoms with Crippen molar-refractivity contribution in [3.63, 3.8) is 0 Å². The van der Waals surface area contributed by atoms with Crippen molar-refractivity contribution >= 4 is 10.2 Å². The molecule has 0 bridgehead atoms. The molecular formula is C4H12OSi. The highest BCUT2D eigenvalue weighted by molar-refractivity contribution is 6.10. The highest BCUT2D eigenvalue weighted by atomic mass is 28.1. The van der Waals surface area contributed by atoms with Crippen LogP contribution in [0.3, 0.4) is 0 Å². The van der Waals surface area contributed by atoms with E-state index in [0.29, 0.717) is 5.73 Å². The molecule has 0 N–H and O–H groups in total. The molecule has 0 saturated heterocycles. The molecule has 38 valence electrons. The van der Waals surface area contributed by atoms with Crippen LogP contribution in [0.15, 0.2) is 0 Å². The first-order chi connectivity index (χ1) is 2.77. The molecule has 0 rings (SSSR count). The van der Waals surface area contributed by atoms with Crippen LogP contribution >= 0.6 is 0 Å². The summed E-state index contributed by atoms with van der Waals surface area (Å²) in [5.74, 6) is 0. The first-order valence-corrected chi connectivity index (χ1v) is 3.54. The average molecular weight is 104 g/mol. The minimum absolute atomic E-state index is 0.537. The lowest BCUT2D eigenvalue weighted by atomic mass is 10.8. The molecule has 0 heterocycles. The second-order valence-corrected chi connectivity index (χ2v) is 3.13. The maximum atomic E-state index is 5.10. The summed E-state index contributed by atoms with van der Waals surface area (Å²) in [4.78, 5) is 0. The molecule has 0 aliphatic carbocycles. The zero-order valence-corrected chi connectivity index (χ0v) is 6.69. The standard InChI is InChI=1S/C4H12OSi/c1-3-5-4(2)6/h4H,3H2,1-2,6H3. The Morgan fingerprint density at radius 2 is 2.33 bits per heavy atom. The fraction of sp³-hybridized carbons (Fsp3) is 1.00. The normalized spacial score (nSPS) is 15.0. The minimum atomic E-state index is 0.537. The second kappa shape index (κ2) is 3.37. The van der Waals surface area contributed by atoms with Crippen LogP contribution in [-0.4, -0.2) is 22.6 Å². The van der Waals surface area contributed by atoms with Crippen molar-refractivity contribution in [3.8, 4) is 0 Å². The summed E-state index contributed by atoms with van der Waals surface area (Å²) in [5, 5.41) is 0. The van der Waals surface area contributed by atoms with Gasteiger partial charge < -0.3 is 4.74 Å². The summed E-state index contributed by atoms with van der Waals surface area (Å²) in [7, 11) is 1.16. The van der Waals surface area contributed by atoms with E-state index in [2.05, 4.69) is 6.92 Å². The molecule has 1 atom stereocenters. The van der Waals surface area contributed by atoms with Crippen LogP contribution in [0.2, 0.25) is 0 Å². The fourth-order valence-electron chi connectivity index (χ4n) is 0.333. The summed E-state index contributed by atoms with van der Waals surface area (Å²) < 4.78 is 5.10. The van der Waals surface area contributed by atoms with Crippen LogP contribution in [0.25, 0.3) is 0 Å². The molecular weight excluding hydrogens is 92.1 g/mol. The van der Waals surface area contributed by atoms with E-state index in [1.54, 1.807) is 0 Å². The monoisotopic (exact) mass is 104 g/mol. The lowest BCUT2D eigenvalue weighted by molar-refractivity contribution is 0.132. The Morgan fingerprint density at radius 3 is 2.33 bits per heavy atom. The van der Waals surface area contributed by atoms with Gasteiger partial charge in [0.2, 0.25) is 0 Å². The van der Waals surface area contributed by atoms with E-state index < -0.39 is 0 Å². The van der Waals surface area contributed by atoms with Crippen LogP contribution in [0, 0.1) is 0 Å². The van der Waals surface area contributed by atoms with Crippen molar-refractivity contribution in [2.45, 2.75) is 19.6 Å². The molecule has 0 aromatic rings. The first-order valence-electron chi connectivity index (χ1n) is 2.39. The van der Waals surface area contributed by atoms with Crippen molar-refractivity contribution < 1.29 is 4.74 Å². The number of hydrogen-bond donors (Lipinski definition) is 0. The summed E-state index contributed by atoms with van der Waals surface area (Å²) in [6, 6.07) is 0. The summed E-state index contributed by atoms with van der Waals surface area (Å²) in [5.41, 5.74) is 0.537. The molecule has 0 radical (unpaired) electrons. The number of hydrogen-bond acceptors (Lipinski definition) is 1. The third-order valence-electron chi connectivity index (χ3n) is 0.500. The summed E-state index contributed by atoms with van der Waals surface area (Å²) >= 11 is 0. The van der Waals surface area contributed by atoms with Gasteiger partial charge in [0.05, 0.1) is 0 Å². The van der Waals surface area contributed by atoms with Gasteiger partial charge in [-0.05, 0) is 13.8 Å². The molecule has 1 unspecified atom stereocenters. The van der Waals surface area contributed by atoms with Gasteiger partial charge in [0.15, 0.2) is 0 Å². The molecule has 0 aromatic carbocycles. The van der Waals surface area contributed by atoms with E-state index in [9.17, 15) is 0 Å². The lowest BCUT2D eigenvalue weighted by Gasteiger charge is -2.00. The zero-order chi connectivity index (χ0) is 4.99. The van der Waals surface area contributed by atoms with Crippen LogP contribution in [0.4, 0.5) is 0 Å². The predicted molar refractivity (Wildman–Crippen MR) is 31.0 cm³/mol. The molecule has 0 aromatic heterocycles. The molecule has 0 spiro atoms. The van der Waals surface area contributed by atoms with E-state index in [0.717, 1.165) is 16.8 Å². The molecule has 0 fully saturated rings. The highest BCUT2D eigenvalue weighted by Gasteiger charge is 1.83. The maximum absolute atomic E-state index is 5.10. The average Bonchev–Trinajstić information content (AvgIpc) is 1.35. The fourth-order valence-corrected chi connectivity index (χ4v) is 0.667. The van der Waals surface area contributed by atoms with E-state index in [-0.39, 0.29) is 0 Å². The van der Waals surface area contributed by atoms with Crippen molar-refractivity contribution in [1.29, 1.82) is 0 Å². The third-order valence-corrected chi connectivity index (χ3v) is 0.833. The smallest absolute Gasteiger partial charge is 0.0436 e. The molecule has 6 heavy (non-hydrogen) atoms. The molecule has 0 aliphatic rings. The van der Waals surface area contributed by atoms with Gasteiger partial charge in [-0.1, -0.05) is 0 Å².